The maximum absolute atomic E-state index is 11.1. The zero-order valence-corrected chi connectivity index (χ0v) is 15.9. The van der Waals surface area contributed by atoms with E-state index in [1.165, 1.54) is 6.92 Å². The number of carbonyl (C=O) groups is 1. The van der Waals surface area contributed by atoms with E-state index in [9.17, 15) is 4.79 Å². The second-order valence-corrected chi connectivity index (χ2v) is 5.99. The predicted molar refractivity (Wildman–Crippen MR) is 108 cm³/mol. The highest BCUT2D eigenvalue weighted by Crippen LogP contribution is 2.27. The van der Waals surface area contributed by atoms with Crippen molar-refractivity contribution in [3.05, 3.63) is 48.0 Å². The van der Waals surface area contributed by atoms with Gasteiger partial charge in [-0.05, 0) is 54.5 Å². The molecule has 0 radical (unpaired) electrons. The predicted octanol–water partition coefficient (Wildman–Crippen LogP) is 3.19. The molecule has 0 aliphatic carbocycles. The van der Waals surface area contributed by atoms with Crippen molar-refractivity contribution in [3.8, 4) is 11.5 Å². The van der Waals surface area contributed by atoms with E-state index in [-0.39, 0.29) is 5.91 Å². The lowest BCUT2D eigenvalue weighted by Gasteiger charge is -2.13. The van der Waals surface area contributed by atoms with Crippen LogP contribution in [-0.4, -0.2) is 31.8 Å². The maximum atomic E-state index is 11.1. The Hall–Kier alpha value is -2.80. The standard InChI is InChI=1S/C19H23N3O3S/c1-13(23)21-15-5-4-6-16(12-15)22-19(26)20-10-9-14-7-8-17(24-2)18(11-14)25-3/h4-8,11-12H,9-10H2,1-3H3,(H,21,23)(H2,20,22,26). The second-order valence-electron chi connectivity index (χ2n) is 5.58. The molecule has 2 rings (SSSR count). The van der Waals surface area contributed by atoms with Gasteiger partial charge in [-0.3, -0.25) is 4.79 Å². The number of hydrogen-bond donors (Lipinski definition) is 3. The molecule has 3 N–H and O–H groups in total. The summed E-state index contributed by atoms with van der Waals surface area (Å²) in [6, 6.07) is 13.2. The van der Waals surface area contributed by atoms with Gasteiger partial charge in [0.25, 0.3) is 0 Å². The van der Waals surface area contributed by atoms with Gasteiger partial charge in [-0.1, -0.05) is 12.1 Å². The fourth-order valence-electron chi connectivity index (χ4n) is 2.41. The van der Waals surface area contributed by atoms with E-state index in [1.807, 2.05) is 42.5 Å². The topological polar surface area (TPSA) is 71.6 Å². The molecule has 2 aromatic carbocycles. The number of amides is 1. The minimum atomic E-state index is -0.113. The van der Waals surface area contributed by atoms with E-state index < -0.39 is 0 Å². The number of hydrogen-bond acceptors (Lipinski definition) is 4. The third-order valence-electron chi connectivity index (χ3n) is 3.59. The van der Waals surface area contributed by atoms with Crippen LogP contribution in [0.4, 0.5) is 11.4 Å². The molecule has 0 saturated heterocycles. The van der Waals surface area contributed by atoms with Crippen LogP contribution in [0, 0.1) is 0 Å². The minimum Gasteiger partial charge on any atom is -0.493 e. The lowest BCUT2D eigenvalue weighted by atomic mass is 10.1. The second kappa shape index (κ2) is 9.62. The molecule has 2 aromatic rings. The van der Waals surface area contributed by atoms with Gasteiger partial charge >= 0.3 is 0 Å². The molecule has 0 fully saturated rings. The summed E-state index contributed by atoms with van der Waals surface area (Å²) in [5.74, 6) is 1.30. The van der Waals surface area contributed by atoms with Crippen molar-refractivity contribution in [3.63, 3.8) is 0 Å². The number of anilines is 2. The van der Waals surface area contributed by atoms with E-state index in [4.69, 9.17) is 21.7 Å². The van der Waals surface area contributed by atoms with Crippen LogP contribution in [0.3, 0.4) is 0 Å². The van der Waals surface area contributed by atoms with E-state index in [1.54, 1.807) is 14.2 Å². The summed E-state index contributed by atoms with van der Waals surface area (Å²) in [7, 11) is 3.23. The maximum Gasteiger partial charge on any atom is 0.221 e. The van der Waals surface area contributed by atoms with Crippen LogP contribution in [0.15, 0.2) is 42.5 Å². The van der Waals surface area contributed by atoms with E-state index in [2.05, 4.69) is 16.0 Å². The first-order valence-corrected chi connectivity index (χ1v) is 8.56. The highest BCUT2D eigenvalue weighted by atomic mass is 32.1. The van der Waals surface area contributed by atoms with E-state index in [0.717, 1.165) is 23.4 Å². The number of ether oxygens (including phenoxy) is 2. The van der Waals surface area contributed by atoms with Crippen molar-refractivity contribution in [2.24, 2.45) is 0 Å². The molecule has 0 aromatic heterocycles. The van der Waals surface area contributed by atoms with Crippen LogP contribution in [0.2, 0.25) is 0 Å². The summed E-state index contributed by atoms with van der Waals surface area (Å²) >= 11 is 5.32. The molecule has 1 amide bonds. The lowest BCUT2D eigenvalue weighted by molar-refractivity contribution is -0.114. The van der Waals surface area contributed by atoms with Crippen LogP contribution < -0.4 is 25.4 Å². The largest absolute Gasteiger partial charge is 0.493 e. The van der Waals surface area contributed by atoms with Crippen molar-refractivity contribution in [2.75, 3.05) is 31.4 Å². The molecule has 0 heterocycles. The van der Waals surface area contributed by atoms with Gasteiger partial charge in [0.2, 0.25) is 5.91 Å². The molecule has 0 atom stereocenters. The van der Waals surface area contributed by atoms with E-state index >= 15 is 0 Å². The monoisotopic (exact) mass is 373 g/mol. The van der Waals surface area contributed by atoms with Crippen LogP contribution in [-0.2, 0) is 11.2 Å². The first-order chi connectivity index (χ1) is 12.5. The number of benzene rings is 2. The Kier molecular flexibility index (Phi) is 7.23. The van der Waals surface area contributed by atoms with Gasteiger partial charge in [-0.15, -0.1) is 0 Å². The molecular weight excluding hydrogens is 350 g/mol. The normalized spacial score (nSPS) is 9.96. The SMILES string of the molecule is COc1ccc(CCNC(=S)Nc2cccc(NC(C)=O)c2)cc1OC. The van der Waals surface area contributed by atoms with Gasteiger partial charge in [0.05, 0.1) is 14.2 Å². The molecule has 26 heavy (non-hydrogen) atoms. The average molecular weight is 373 g/mol. The van der Waals surface area contributed by atoms with Gasteiger partial charge in [0, 0.05) is 24.8 Å². The Labute approximate surface area is 158 Å². The molecule has 6 nitrogen and oxygen atoms in total. The number of carbonyl (C=O) groups excluding carboxylic acids is 1. The molecule has 0 bridgehead atoms. The Morgan fingerprint density at radius 1 is 1.00 bits per heavy atom. The van der Waals surface area contributed by atoms with E-state index in [0.29, 0.717) is 23.2 Å². The third kappa shape index (κ3) is 5.93. The summed E-state index contributed by atoms with van der Waals surface area (Å²) in [6.45, 7) is 2.15. The summed E-state index contributed by atoms with van der Waals surface area (Å²) < 4.78 is 10.5. The highest BCUT2D eigenvalue weighted by Gasteiger charge is 2.05. The quantitative estimate of drug-likeness (QED) is 0.648. The Balaban J connectivity index is 1.85. The minimum absolute atomic E-state index is 0.113. The molecule has 0 aliphatic rings. The Morgan fingerprint density at radius 2 is 1.69 bits per heavy atom. The molecule has 0 aliphatic heterocycles. The van der Waals surface area contributed by atoms with Crippen LogP contribution >= 0.6 is 12.2 Å². The van der Waals surface area contributed by atoms with Gasteiger partial charge in [-0.25, -0.2) is 0 Å². The zero-order valence-electron chi connectivity index (χ0n) is 15.1. The Bertz CT molecular complexity index is 780. The average Bonchev–Trinajstić information content (AvgIpc) is 2.61. The molecule has 138 valence electrons. The third-order valence-corrected chi connectivity index (χ3v) is 3.83. The van der Waals surface area contributed by atoms with Gasteiger partial charge in [-0.2, -0.15) is 0 Å². The van der Waals surface area contributed by atoms with Crippen LogP contribution in [0.5, 0.6) is 11.5 Å². The van der Waals surface area contributed by atoms with Gasteiger partial charge < -0.3 is 25.4 Å². The Morgan fingerprint density at radius 3 is 2.35 bits per heavy atom. The number of nitrogens with one attached hydrogen (secondary N) is 3. The fourth-order valence-corrected chi connectivity index (χ4v) is 2.63. The molecule has 7 heteroatoms. The number of thiocarbonyl (C=S) groups is 1. The van der Waals surface area contributed by atoms with Crippen LogP contribution in [0.1, 0.15) is 12.5 Å². The summed E-state index contributed by atoms with van der Waals surface area (Å²) in [5.41, 5.74) is 2.64. The van der Waals surface area contributed by atoms with Crippen molar-refractivity contribution in [1.29, 1.82) is 0 Å². The van der Waals surface area contributed by atoms with Gasteiger partial charge in [0.1, 0.15) is 0 Å². The smallest absolute Gasteiger partial charge is 0.221 e. The van der Waals surface area contributed by atoms with Crippen molar-refractivity contribution >= 4 is 34.6 Å². The van der Waals surface area contributed by atoms with Crippen LogP contribution in [0.25, 0.3) is 0 Å². The molecular formula is C19H23N3O3S. The first-order valence-electron chi connectivity index (χ1n) is 8.15. The fraction of sp³-hybridized carbons (Fsp3) is 0.263. The summed E-state index contributed by atoms with van der Waals surface area (Å²) in [6.07, 6.45) is 0.786. The summed E-state index contributed by atoms with van der Waals surface area (Å²) in [4.78, 5) is 11.1. The highest BCUT2D eigenvalue weighted by molar-refractivity contribution is 7.80. The molecule has 0 spiro atoms. The molecule has 0 saturated carbocycles. The first kappa shape index (κ1) is 19.5. The summed E-state index contributed by atoms with van der Waals surface area (Å²) in [5, 5.41) is 9.53. The lowest BCUT2D eigenvalue weighted by Crippen LogP contribution is -2.30. The van der Waals surface area contributed by atoms with Gasteiger partial charge in [0.15, 0.2) is 16.6 Å². The van der Waals surface area contributed by atoms with Crippen molar-refractivity contribution in [2.45, 2.75) is 13.3 Å². The zero-order chi connectivity index (χ0) is 18.9. The molecule has 0 unspecified atom stereocenters. The van der Waals surface area contributed by atoms with Crippen molar-refractivity contribution < 1.29 is 14.3 Å². The number of rotatable bonds is 7. The number of methoxy groups -OCH3 is 2. The van der Waals surface area contributed by atoms with Crippen molar-refractivity contribution in [1.82, 2.24) is 5.32 Å².